The summed E-state index contributed by atoms with van der Waals surface area (Å²) < 4.78 is 32.5. The Morgan fingerprint density at radius 2 is 2.14 bits per heavy atom. The van der Waals surface area contributed by atoms with Gasteiger partial charge in [0, 0.05) is 12.1 Å². The first-order chi connectivity index (χ1) is 9.92. The van der Waals surface area contributed by atoms with Gasteiger partial charge in [-0.2, -0.15) is 0 Å². The zero-order valence-corrected chi connectivity index (χ0v) is 12.4. The average molecular weight is 311 g/mol. The number of methoxy groups -OCH3 is 1. The lowest BCUT2D eigenvalue weighted by molar-refractivity contribution is -0.131. The number of sulfonamides is 1. The lowest BCUT2D eigenvalue weighted by Crippen LogP contribution is -2.39. The largest absolute Gasteiger partial charge is 0.495 e. The van der Waals surface area contributed by atoms with Crippen LogP contribution in [0.15, 0.2) is 29.2 Å². The van der Waals surface area contributed by atoms with Crippen LogP contribution in [-0.2, 0) is 14.8 Å². The summed E-state index contributed by atoms with van der Waals surface area (Å²) in [5.41, 5.74) is 0.479. The van der Waals surface area contributed by atoms with E-state index < -0.39 is 16.0 Å². The number of benzene rings is 1. The van der Waals surface area contributed by atoms with Crippen molar-refractivity contribution in [2.45, 2.75) is 30.2 Å². The molecular weight excluding hydrogens is 294 g/mol. The molecule has 0 spiro atoms. The lowest BCUT2D eigenvalue weighted by atomic mass is 9.94. The molecule has 0 atom stereocenters. The van der Waals surface area contributed by atoms with Crippen molar-refractivity contribution in [3.05, 3.63) is 29.8 Å². The molecular formula is C14H17NO5S. The number of hydrogen-bond acceptors (Lipinski definition) is 4. The van der Waals surface area contributed by atoms with Crippen molar-refractivity contribution in [1.82, 2.24) is 4.72 Å². The highest BCUT2D eigenvalue weighted by Crippen LogP contribution is 2.28. The molecule has 2 rings (SSSR count). The molecule has 7 heteroatoms. The third-order valence-electron chi connectivity index (χ3n) is 3.32. The number of hydrogen-bond donors (Lipinski definition) is 2. The molecule has 1 aromatic carbocycles. The minimum Gasteiger partial charge on any atom is -0.495 e. The molecule has 0 heterocycles. The zero-order valence-electron chi connectivity index (χ0n) is 11.6. The number of rotatable bonds is 6. The highest BCUT2D eigenvalue weighted by molar-refractivity contribution is 7.89. The molecule has 114 valence electrons. The number of carboxylic acids is 1. The first-order valence-corrected chi connectivity index (χ1v) is 8.02. The molecule has 21 heavy (non-hydrogen) atoms. The van der Waals surface area contributed by atoms with E-state index in [0.29, 0.717) is 5.56 Å². The minimum atomic E-state index is -3.68. The molecule has 0 radical (unpaired) electrons. The second-order valence-electron chi connectivity index (χ2n) is 4.83. The molecule has 6 nitrogen and oxygen atoms in total. The standard InChI is InChI=1S/C14H17NO5S/c1-20-12-7-5-10(6-8-14(16)17)9-13(12)21(18,19)15-11-3-2-4-11/h5-9,11,15H,2-4H2,1H3,(H,16,17). The molecule has 1 aliphatic carbocycles. The topological polar surface area (TPSA) is 92.7 Å². The summed E-state index contributed by atoms with van der Waals surface area (Å²) in [5.74, 6) is -0.864. The van der Waals surface area contributed by atoms with Gasteiger partial charge in [0.1, 0.15) is 10.6 Å². The van der Waals surface area contributed by atoms with Crippen LogP contribution < -0.4 is 9.46 Å². The normalized spacial score (nSPS) is 15.9. The van der Waals surface area contributed by atoms with E-state index >= 15 is 0 Å². The Morgan fingerprint density at radius 3 is 2.67 bits per heavy atom. The van der Waals surface area contributed by atoms with Crippen molar-refractivity contribution >= 4 is 22.1 Å². The van der Waals surface area contributed by atoms with Gasteiger partial charge in [-0.3, -0.25) is 0 Å². The molecule has 0 aromatic heterocycles. The van der Waals surface area contributed by atoms with Crippen LogP contribution in [0.2, 0.25) is 0 Å². The van der Waals surface area contributed by atoms with Gasteiger partial charge in [0.25, 0.3) is 0 Å². The van der Waals surface area contributed by atoms with E-state index in [1.165, 1.54) is 25.3 Å². The van der Waals surface area contributed by atoms with Gasteiger partial charge in [-0.25, -0.2) is 17.9 Å². The first-order valence-electron chi connectivity index (χ1n) is 6.54. The number of carboxylic acid groups (broad SMARTS) is 1. The van der Waals surface area contributed by atoms with Crippen LogP contribution in [0.1, 0.15) is 24.8 Å². The fourth-order valence-corrected chi connectivity index (χ4v) is 3.49. The molecule has 0 amide bonds. The Bertz CT molecular complexity index is 662. The van der Waals surface area contributed by atoms with Gasteiger partial charge in [0.05, 0.1) is 7.11 Å². The SMILES string of the molecule is COc1ccc(C=CC(=O)O)cc1S(=O)(=O)NC1CCC1. The average Bonchev–Trinajstić information content (AvgIpc) is 2.40. The molecule has 2 N–H and O–H groups in total. The summed E-state index contributed by atoms with van der Waals surface area (Å²) in [6.07, 6.45) is 4.98. The third kappa shape index (κ3) is 3.83. The van der Waals surface area contributed by atoms with E-state index in [-0.39, 0.29) is 16.7 Å². The Hall–Kier alpha value is -1.86. The van der Waals surface area contributed by atoms with Gasteiger partial charge in [-0.1, -0.05) is 12.5 Å². The molecule has 0 saturated heterocycles. The minimum absolute atomic E-state index is 0.0180. The summed E-state index contributed by atoms with van der Waals surface area (Å²) in [7, 11) is -2.29. The number of nitrogens with one attached hydrogen (secondary N) is 1. The second-order valence-corrected chi connectivity index (χ2v) is 6.51. The molecule has 0 aliphatic heterocycles. The number of aliphatic carboxylic acids is 1. The quantitative estimate of drug-likeness (QED) is 0.779. The van der Waals surface area contributed by atoms with Crippen LogP contribution in [0.4, 0.5) is 0 Å². The summed E-state index contributed by atoms with van der Waals surface area (Å²) in [4.78, 5) is 10.5. The van der Waals surface area contributed by atoms with Crippen LogP contribution in [0.3, 0.4) is 0 Å². The smallest absolute Gasteiger partial charge is 0.328 e. The van der Waals surface area contributed by atoms with Gasteiger partial charge in [0.15, 0.2) is 0 Å². The predicted octanol–water partition coefficient (Wildman–Crippen LogP) is 1.62. The van der Waals surface area contributed by atoms with Crippen LogP contribution in [0.25, 0.3) is 6.08 Å². The number of ether oxygens (including phenoxy) is 1. The Balaban J connectivity index is 2.34. The summed E-state index contributed by atoms with van der Waals surface area (Å²) in [6.45, 7) is 0. The Morgan fingerprint density at radius 1 is 1.43 bits per heavy atom. The molecule has 1 saturated carbocycles. The molecule has 0 bridgehead atoms. The van der Waals surface area contributed by atoms with Crippen LogP contribution in [-0.4, -0.2) is 32.6 Å². The van der Waals surface area contributed by atoms with E-state index in [0.717, 1.165) is 25.3 Å². The Labute approximate surface area is 123 Å². The maximum atomic E-state index is 12.4. The van der Waals surface area contributed by atoms with Crippen LogP contribution in [0, 0.1) is 0 Å². The van der Waals surface area contributed by atoms with Gasteiger partial charge < -0.3 is 9.84 Å². The van der Waals surface area contributed by atoms with E-state index in [1.807, 2.05) is 0 Å². The highest BCUT2D eigenvalue weighted by atomic mass is 32.2. The van der Waals surface area contributed by atoms with Crippen molar-refractivity contribution < 1.29 is 23.1 Å². The first kappa shape index (κ1) is 15.5. The van der Waals surface area contributed by atoms with Crippen molar-refractivity contribution in [1.29, 1.82) is 0 Å². The monoisotopic (exact) mass is 311 g/mol. The van der Waals surface area contributed by atoms with Crippen LogP contribution >= 0.6 is 0 Å². The fourth-order valence-electron chi connectivity index (χ4n) is 1.98. The Kier molecular flexibility index (Phi) is 4.64. The van der Waals surface area contributed by atoms with Crippen molar-refractivity contribution in [2.24, 2.45) is 0 Å². The highest BCUT2D eigenvalue weighted by Gasteiger charge is 2.27. The maximum Gasteiger partial charge on any atom is 0.328 e. The molecule has 0 unspecified atom stereocenters. The maximum absolute atomic E-state index is 12.4. The van der Waals surface area contributed by atoms with E-state index in [1.54, 1.807) is 6.07 Å². The van der Waals surface area contributed by atoms with E-state index in [4.69, 9.17) is 9.84 Å². The summed E-state index contributed by atoms with van der Waals surface area (Å²) >= 11 is 0. The molecule has 1 fully saturated rings. The third-order valence-corrected chi connectivity index (χ3v) is 4.86. The van der Waals surface area contributed by atoms with E-state index in [2.05, 4.69) is 4.72 Å². The van der Waals surface area contributed by atoms with Crippen molar-refractivity contribution in [2.75, 3.05) is 7.11 Å². The summed E-state index contributed by atoms with van der Waals surface area (Å²) in [5, 5.41) is 8.62. The second kappa shape index (κ2) is 6.28. The fraction of sp³-hybridized carbons (Fsp3) is 0.357. The van der Waals surface area contributed by atoms with Crippen molar-refractivity contribution in [3.63, 3.8) is 0 Å². The summed E-state index contributed by atoms with van der Waals surface area (Å²) in [6, 6.07) is 4.48. The predicted molar refractivity (Wildman–Crippen MR) is 77.6 cm³/mol. The molecule has 1 aliphatic rings. The number of carbonyl (C=O) groups is 1. The lowest BCUT2D eigenvalue weighted by Gasteiger charge is -2.26. The van der Waals surface area contributed by atoms with Crippen LogP contribution in [0.5, 0.6) is 5.75 Å². The van der Waals surface area contributed by atoms with Gasteiger partial charge in [-0.15, -0.1) is 0 Å². The van der Waals surface area contributed by atoms with E-state index in [9.17, 15) is 13.2 Å². The van der Waals surface area contributed by atoms with Crippen molar-refractivity contribution in [3.8, 4) is 5.75 Å². The van der Waals surface area contributed by atoms with Gasteiger partial charge in [0.2, 0.25) is 10.0 Å². The van der Waals surface area contributed by atoms with Gasteiger partial charge in [-0.05, 0) is 36.6 Å². The zero-order chi connectivity index (χ0) is 15.5. The molecule has 1 aromatic rings. The van der Waals surface area contributed by atoms with Gasteiger partial charge >= 0.3 is 5.97 Å².